The highest BCUT2D eigenvalue weighted by molar-refractivity contribution is 5.29. The van der Waals surface area contributed by atoms with Gasteiger partial charge in [-0.15, -0.1) is 0 Å². The fourth-order valence-corrected chi connectivity index (χ4v) is 3.56. The Labute approximate surface area is 172 Å². The molecule has 0 aliphatic carbocycles. The van der Waals surface area contributed by atoms with Crippen molar-refractivity contribution in [3.8, 4) is 0 Å². The highest BCUT2D eigenvalue weighted by Gasteiger charge is 2.44. The number of rotatable bonds is 6. The molecule has 0 radical (unpaired) electrons. The van der Waals surface area contributed by atoms with Crippen LogP contribution in [-0.4, -0.2) is 44.7 Å². The molecule has 156 valence electrons. The van der Waals surface area contributed by atoms with E-state index in [0.29, 0.717) is 0 Å². The van der Waals surface area contributed by atoms with E-state index in [2.05, 4.69) is 4.98 Å². The molecule has 1 aromatic heterocycles. The Kier molecular flexibility index (Phi) is 5.91. The third-order valence-corrected chi connectivity index (χ3v) is 5.09. The lowest BCUT2D eigenvalue weighted by Crippen LogP contribution is -2.37. The Morgan fingerprint density at radius 2 is 1.53 bits per heavy atom. The third-order valence-electron chi connectivity index (χ3n) is 5.09. The van der Waals surface area contributed by atoms with Gasteiger partial charge in [-0.25, -0.2) is 4.79 Å². The Hall–Kier alpha value is -3.04. The number of ether oxygens (including phenoxy) is 2. The first-order valence-corrected chi connectivity index (χ1v) is 9.59. The van der Waals surface area contributed by atoms with Crippen molar-refractivity contribution in [1.29, 1.82) is 0 Å². The summed E-state index contributed by atoms with van der Waals surface area (Å²) in [5.74, 6) is 0. The standard InChI is InChI=1S/C22H22N2O6/c25-17-11-12-24(22(28)23-17)21-19(27)18(26)16(30-21)13-29-20(14-7-3-1-4-8-14)15-9-5-2-6-10-15/h1-12,16,18-21,26-27H,13H2,(H,23,25,28)/t16-,18-,19-,21-/m1/s1. The fraction of sp³-hybridized carbons (Fsp3) is 0.273. The summed E-state index contributed by atoms with van der Waals surface area (Å²) in [5, 5.41) is 20.8. The van der Waals surface area contributed by atoms with E-state index in [-0.39, 0.29) is 6.61 Å². The Morgan fingerprint density at radius 1 is 0.933 bits per heavy atom. The molecule has 0 amide bonds. The van der Waals surface area contributed by atoms with Crippen LogP contribution in [0.4, 0.5) is 0 Å². The molecule has 4 atom stereocenters. The average Bonchev–Trinajstić information content (AvgIpc) is 3.04. The maximum Gasteiger partial charge on any atom is 0.330 e. The van der Waals surface area contributed by atoms with E-state index in [1.807, 2.05) is 60.7 Å². The Balaban J connectivity index is 1.53. The molecule has 0 unspecified atom stereocenters. The van der Waals surface area contributed by atoms with E-state index in [1.165, 1.54) is 6.20 Å². The number of benzene rings is 2. The zero-order valence-corrected chi connectivity index (χ0v) is 16.0. The van der Waals surface area contributed by atoms with Crippen LogP contribution >= 0.6 is 0 Å². The van der Waals surface area contributed by atoms with Crippen LogP contribution in [0.2, 0.25) is 0 Å². The summed E-state index contributed by atoms with van der Waals surface area (Å²) in [6, 6.07) is 20.4. The lowest BCUT2D eigenvalue weighted by atomic mass is 10.0. The molecular formula is C22H22N2O6. The van der Waals surface area contributed by atoms with Crippen LogP contribution in [0.15, 0.2) is 82.5 Å². The van der Waals surface area contributed by atoms with Gasteiger partial charge in [-0.3, -0.25) is 14.3 Å². The van der Waals surface area contributed by atoms with Gasteiger partial charge < -0.3 is 19.7 Å². The van der Waals surface area contributed by atoms with Crippen molar-refractivity contribution in [1.82, 2.24) is 9.55 Å². The first kappa shape index (κ1) is 20.2. The van der Waals surface area contributed by atoms with Gasteiger partial charge in [0.25, 0.3) is 5.56 Å². The molecule has 2 heterocycles. The van der Waals surface area contributed by atoms with Crippen LogP contribution in [-0.2, 0) is 9.47 Å². The largest absolute Gasteiger partial charge is 0.387 e. The van der Waals surface area contributed by atoms with Crippen LogP contribution in [0.1, 0.15) is 23.5 Å². The quantitative estimate of drug-likeness (QED) is 0.558. The molecule has 0 saturated carbocycles. The summed E-state index contributed by atoms with van der Waals surface area (Å²) in [4.78, 5) is 25.4. The Bertz CT molecular complexity index is 1040. The molecule has 2 aromatic carbocycles. The summed E-state index contributed by atoms with van der Waals surface area (Å²) in [5.41, 5.74) is 0.583. The number of aliphatic hydroxyl groups excluding tert-OH is 2. The van der Waals surface area contributed by atoms with Crippen molar-refractivity contribution in [2.45, 2.75) is 30.6 Å². The number of aromatic nitrogens is 2. The van der Waals surface area contributed by atoms with E-state index in [1.54, 1.807) is 0 Å². The normalized spacial score (nSPS) is 23.7. The fourth-order valence-electron chi connectivity index (χ4n) is 3.56. The van der Waals surface area contributed by atoms with E-state index in [4.69, 9.17) is 9.47 Å². The molecule has 4 rings (SSSR count). The first-order chi connectivity index (χ1) is 14.5. The molecular weight excluding hydrogens is 388 g/mol. The maximum atomic E-state index is 12.0. The molecule has 0 bridgehead atoms. The second kappa shape index (κ2) is 8.76. The molecule has 1 saturated heterocycles. The Morgan fingerprint density at radius 3 is 2.10 bits per heavy atom. The number of aromatic amines is 1. The minimum Gasteiger partial charge on any atom is -0.387 e. The maximum absolute atomic E-state index is 12.0. The van der Waals surface area contributed by atoms with Crippen LogP contribution in [0.25, 0.3) is 0 Å². The topological polar surface area (TPSA) is 114 Å². The van der Waals surface area contributed by atoms with Gasteiger partial charge in [0.2, 0.25) is 0 Å². The molecule has 30 heavy (non-hydrogen) atoms. The summed E-state index contributed by atoms with van der Waals surface area (Å²) in [6.45, 7) is -0.0126. The molecule has 8 nitrogen and oxygen atoms in total. The van der Waals surface area contributed by atoms with Crippen LogP contribution in [0, 0.1) is 0 Å². The molecule has 1 fully saturated rings. The number of hydrogen-bond donors (Lipinski definition) is 3. The molecule has 1 aliphatic rings. The van der Waals surface area contributed by atoms with Crippen LogP contribution < -0.4 is 11.2 Å². The summed E-state index contributed by atoms with van der Waals surface area (Å²) in [7, 11) is 0. The van der Waals surface area contributed by atoms with E-state index < -0.39 is 41.9 Å². The summed E-state index contributed by atoms with van der Waals surface area (Å²) >= 11 is 0. The van der Waals surface area contributed by atoms with Gasteiger partial charge in [-0.05, 0) is 11.1 Å². The van der Waals surface area contributed by atoms with E-state index in [9.17, 15) is 19.8 Å². The molecule has 8 heteroatoms. The number of aliphatic hydroxyl groups is 2. The van der Waals surface area contributed by atoms with Crippen molar-refractivity contribution in [2.75, 3.05) is 6.61 Å². The van der Waals surface area contributed by atoms with Gasteiger partial charge >= 0.3 is 5.69 Å². The second-order valence-corrected chi connectivity index (χ2v) is 7.10. The lowest BCUT2D eigenvalue weighted by molar-refractivity contribution is -0.0781. The van der Waals surface area contributed by atoms with Crippen molar-refractivity contribution in [3.05, 3.63) is 105 Å². The van der Waals surface area contributed by atoms with Crippen LogP contribution in [0.3, 0.4) is 0 Å². The van der Waals surface area contributed by atoms with Crippen molar-refractivity contribution in [2.24, 2.45) is 0 Å². The lowest BCUT2D eigenvalue weighted by Gasteiger charge is -2.22. The minimum absolute atomic E-state index is 0.0126. The van der Waals surface area contributed by atoms with Gasteiger partial charge in [0, 0.05) is 12.3 Å². The van der Waals surface area contributed by atoms with Gasteiger partial charge in [-0.2, -0.15) is 0 Å². The predicted octanol–water partition coefficient (Wildman–Crippen LogP) is 0.962. The molecule has 3 aromatic rings. The predicted molar refractivity (Wildman–Crippen MR) is 108 cm³/mol. The first-order valence-electron chi connectivity index (χ1n) is 9.59. The van der Waals surface area contributed by atoms with Gasteiger partial charge in [0.05, 0.1) is 6.61 Å². The SMILES string of the molecule is O=c1ccn([C@@H]2O[C@H](COC(c3ccccc3)c3ccccc3)[C@@H](O)[C@H]2O)c(=O)[nH]1. The number of nitrogens with one attached hydrogen (secondary N) is 1. The third kappa shape index (κ3) is 4.12. The van der Waals surface area contributed by atoms with Crippen molar-refractivity contribution < 1.29 is 19.7 Å². The number of H-pyrrole nitrogens is 1. The van der Waals surface area contributed by atoms with Crippen LogP contribution in [0.5, 0.6) is 0 Å². The van der Waals surface area contributed by atoms with Gasteiger partial charge in [0.1, 0.15) is 24.4 Å². The van der Waals surface area contributed by atoms with Crippen molar-refractivity contribution in [3.63, 3.8) is 0 Å². The highest BCUT2D eigenvalue weighted by Crippen LogP contribution is 2.31. The second-order valence-electron chi connectivity index (χ2n) is 7.10. The minimum atomic E-state index is -1.35. The summed E-state index contributed by atoms with van der Waals surface area (Å²) in [6.07, 6.45) is -3.78. The van der Waals surface area contributed by atoms with E-state index in [0.717, 1.165) is 21.8 Å². The summed E-state index contributed by atoms with van der Waals surface area (Å²) < 4.78 is 12.9. The molecule has 3 N–H and O–H groups in total. The van der Waals surface area contributed by atoms with Gasteiger partial charge in [-0.1, -0.05) is 60.7 Å². The zero-order valence-electron chi connectivity index (χ0n) is 16.0. The molecule has 1 aliphatic heterocycles. The van der Waals surface area contributed by atoms with E-state index >= 15 is 0 Å². The average molecular weight is 410 g/mol. The number of nitrogens with zero attached hydrogens (tertiary/aromatic N) is 1. The highest BCUT2D eigenvalue weighted by atomic mass is 16.6. The smallest absolute Gasteiger partial charge is 0.330 e. The van der Waals surface area contributed by atoms with Crippen molar-refractivity contribution >= 4 is 0 Å². The molecule has 0 spiro atoms. The zero-order chi connectivity index (χ0) is 21.1. The monoisotopic (exact) mass is 410 g/mol. The number of hydrogen-bond acceptors (Lipinski definition) is 6. The van der Waals surface area contributed by atoms with Gasteiger partial charge in [0.15, 0.2) is 6.23 Å².